The number of hydrogen-bond donors (Lipinski definition) is 2. The lowest BCUT2D eigenvalue weighted by Crippen LogP contribution is -2.49. The van der Waals surface area contributed by atoms with E-state index in [-0.39, 0.29) is 22.8 Å². The molecular weight excluding hydrogens is 350 g/mol. The first-order chi connectivity index (χ1) is 12.3. The van der Waals surface area contributed by atoms with Crippen LogP contribution in [0.5, 0.6) is 0 Å². The smallest absolute Gasteiger partial charge is 0.242 e. The van der Waals surface area contributed by atoms with E-state index < -0.39 is 10.0 Å². The molecular formula is C19H29N3O3S. The van der Waals surface area contributed by atoms with Crippen LogP contribution in [-0.4, -0.2) is 38.8 Å². The van der Waals surface area contributed by atoms with Gasteiger partial charge in [-0.25, -0.2) is 12.7 Å². The summed E-state index contributed by atoms with van der Waals surface area (Å²) < 4.78 is 25.4. The Bertz CT molecular complexity index is 732. The van der Waals surface area contributed by atoms with Gasteiger partial charge in [-0.3, -0.25) is 4.79 Å². The van der Waals surface area contributed by atoms with E-state index in [0.717, 1.165) is 31.2 Å². The molecule has 2 unspecified atom stereocenters. The lowest BCUT2D eigenvalue weighted by molar-refractivity contribution is -0.128. The first kappa shape index (κ1) is 19.3. The normalized spacial score (nSPS) is 28.8. The Morgan fingerprint density at radius 2 is 1.73 bits per heavy atom. The third kappa shape index (κ3) is 3.94. The topological polar surface area (TPSA) is 92.5 Å². The molecule has 3 N–H and O–H groups in total. The zero-order valence-electron chi connectivity index (χ0n) is 15.5. The van der Waals surface area contributed by atoms with Crippen LogP contribution in [0.15, 0.2) is 29.2 Å². The maximum absolute atomic E-state index is 12.6. The quantitative estimate of drug-likeness (QED) is 0.814. The number of carbonyl (C=O) groups is 1. The summed E-state index contributed by atoms with van der Waals surface area (Å²) in [5.74, 6) is 1.11. The molecule has 0 aliphatic heterocycles. The van der Waals surface area contributed by atoms with Gasteiger partial charge >= 0.3 is 0 Å². The van der Waals surface area contributed by atoms with E-state index in [1.807, 2.05) is 0 Å². The molecule has 0 saturated heterocycles. The molecule has 0 aromatic heterocycles. The minimum atomic E-state index is -3.42. The summed E-state index contributed by atoms with van der Waals surface area (Å²) in [6, 6.07) is 6.94. The number of sulfonamides is 1. The van der Waals surface area contributed by atoms with Crippen molar-refractivity contribution in [2.75, 3.05) is 14.1 Å². The molecule has 2 aliphatic rings. The summed E-state index contributed by atoms with van der Waals surface area (Å²) in [6.07, 6.45) is 5.30. The van der Waals surface area contributed by atoms with Gasteiger partial charge in [0.1, 0.15) is 0 Å². The molecule has 144 valence electrons. The lowest BCUT2D eigenvalue weighted by atomic mass is 9.65. The van der Waals surface area contributed by atoms with Gasteiger partial charge < -0.3 is 11.1 Å². The molecule has 1 aromatic rings. The fourth-order valence-corrected chi connectivity index (χ4v) is 5.23. The molecule has 2 atom stereocenters. The third-order valence-corrected chi connectivity index (χ3v) is 7.78. The summed E-state index contributed by atoms with van der Waals surface area (Å²) in [5.41, 5.74) is 7.19. The van der Waals surface area contributed by atoms with Crippen molar-refractivity contribution in [3.05, 3.63) is 29.8 Å². The molecule has 2 bridgehead atoms. The van der Waals surface area contributed by atoms with E-state index in [0.29, 0.717) is 18.4 Å². The minimum Gasteiger partial charge on any atom is -0.352 e. The fourth-order valence-electron chi connectivity index (χ4n) is 4.33. The summed E-state index contributed by atoms with van der Waals surface area (Å²) in [7, 11) is -0.404. The Morgan fingerprint density at radius 1 is 1.15 bits per heavy atom. The average molecular weight is 380 g/mol. The van der Waals surface area contributed by atoms with Crippen LogP contribution in [-0.2, 0) is 21.4 Å². The molecule has 2 saturated carbocycles. The van der Waals surface area contributed by atoms with Crippen LogP contribution in [0.1, 0.15) is 37.7 Å². The molecule has 0 heterocycles. The van der Waals surface area contributed by atoms with Crippen molar-refractivity contribution in [3.63, 3.8) is 0 Å². The van der Waals surface area contributed by atoms with Crippen molar-refractivity contribution in [1.82, 2.24) is 9.62 Å². The van der Waals surface area contributed by atoms with E-state index in [1.54, 1.807) is 24.3 Å². The van der Waals surface area contributed by atoms with Crippen LogP contribution in [0.3, 0.4) is 0 Å². The number of fused-ring (bicyclic) bond motifs is 2. The molecule has 3 rings (SSSR count). The second kappa shape index (κ2) is 7.66. The van der Waals surface area contributed by atoms with Crippen molar-refractivity contribution in [3.8, 4) is 0 Å². The predicted molar refractivity (Wildman–Crippen MR) is 101 cm³/mol. The number of carbonyl (C=O) groups excluding carboxylic acids is 1. The molecule has 2 fully saturated rings. The van der Waals surface area contributed by atoms with Gasteiger partial charge in [0.25, 0.3) is 0 Å². The molecule has 2 aliphatic carbocycles. The van der Waals surface area contributed by atoms with Crippen molar-refractivity contribution >= 4 is 15.9 Å². The highest BCUT2D eigenvalue weighted by molar-refractivity contribution is 7.89. The number of nitrogens with two attached hydrogens (primary N) is 1. The number of nitrogens with one attached hydrogen (secondary N) is 1. The van der Waals surface area contributed by atoms with Gasteiger partial charge in [-0.2, -0.15) is 0 Å². The number of benzene rings is 1. The second-order valence-corrected chi connectivity index (χ2v) is 10.00. The summed E-state index contributed by atoms with van der Waals surface area (Å²) in [5, 5.41) is 3.01. The van der Waals surface area contributed by atoms with Gasteiger partial charge in [-0.05, 0) is 55.2 Å². The van der Waals surface area contributed by atoms with Gasteiger partial charge in [0, 0.05) is 32.6 Å². The monoisotopic (exact) mass is 379 g/mol. The highest BCUT2D eigenvalue weighted by atomic mass is 32.2. The van der Waals surface area contributed by atoms with Gasteiger partial charge in [-0.1, -0.05) is 18.6 Å². The van der Waals surface area contributed by atoms with Crippen molar-refractivity contribution in [1.29, 1.82) is 0 Å². The van der Waals surface area contributed by atoms with Crippen molar-refractivity contribution in [2.24, 2.45) is 23.5 Å². The molecule has 6 nitrogen and oxygen atoms in total. The largest absolute Gasteiger partial charge is 0.352 e. The Balaban J connectivity index is 1.57. The first-order valence-electron chi connectivity index (χ1n) is 9.34. The maximum atomic E-state index is 12.6. The summed E-state index contributed by atoms with van der Waals surface area (Å²) in [6.45, 7) is 0.416. The Kier molecular flexibility index (Phi) is 5.69. The standard InChI is InChI=1S/C19H29N3O3S/c1-22(2)26(24,25)17-8-6-13(7-9-17)12-21-19(23)16-10-14-4-3-5-15(11-16)18(14)20/h6-9,14-16,18H,3-5,10-12,20H2,1-2H3,(H,21,23). The number of hydrogen-bond acceptors (Lipinski definition) is 4. The molecule has 1 aromatic carbocycles. The fraction of sp³-hybridized carbons (Fsp3) is 0.632. The van der Waals surface area contributed by atoms with Crippen molar-refractivity contribution < 1.29 is 13.2 Å². The third-order valence-electron chi connectivity index (χ3n) is 5.95. The van der Waals surface area contributed by atoms with Gasteiger partial charge in [0.15, 0.2) is 0 Å². The van der Waals surface area contributed by atoms with Gasteiger partial charge in [-0.15, -0.1) is 0 Å². The highest BCUT2D eigenvalue weighted by Crippen LogP contribution is 2.41. The number of rotatable bonds is 5. The molecule has 0 spiro atoms. The van der Waals surface area contributed by atoms with Crippen LogP contribution in [0.2, 0.25) is 0 Å². The zero-order valence-corrected chi connectivity index (χ0v) is 16.3. The van der Waals surface area contributed by atoms with Gasteiger partial charge in [0.2, 0.25) is 15.9 Å². The summed E-state index contributed by atoms with van der Waals surface area (Å²) in [4.78, 5) is 12.8. The molecule has 1 amide bonds. The number of amides is 1. The highest BCUT2D eigenvalue weighted by Gasteiger charge is 2.40. The first-order valence-corrected chi connectivity index (χ1v) is 10.8. The van der Waals surface area contributed by atoms with E-state index in [2.05, 4.69) is 5.32 Å². The molecule has 7 heteroatoms. The van der Waals surface area contributed by atoms with E-state index in [4.69, 9.17) is 5.73 Å². The van der Waals surface area contributed by atoms with E-state index >= 15 is 0 Å². The van der Waals surface area contributed by atoms with Crippen LogP contribution >= 0.6 is 0 Å². The Hall–Kier alpha value is -1.44. The van der Waals surface area contributed by atoms with Crippen molar-refractivity contribution in [2.45, 2.75) is 49.6 Å². The van der Waals surface area contributed by atoms with Gasteiger partial charge in [0.05, 0.1) is 4.90 Å². The average Bonchev–Trinajstić information content (AvgIpc) is 2.59. The Labute approximate surface area is 156 Å². The van der Waals surface area contributed by atoms with Crippen LogP contribution in [0.25, 0.3) is 0 Å². The lowest BCUT2D eigenvalue weighted by Gasteiger charge is -2.43. The molecule has 0 radical (unpaired) electrons. The van der Waals surface area contributed by atoms with Crippen LogP contribution in [0.4, 0.5) is 0 Å². The number of nitrogens with zero attached hydrogens (tertiary/aromatic N) is 1. The maximum Gasteiger partial charge on any atom is 0.242 e. The predicted octanol–water partition coefficient (Wildman–Crippen LogP) is 1.71. The Morgan fingerprint density at radius 3 is 2.27 bits per heavy atom. The molecule has 26 heavy (non-hydrogen) atoms. The minimum absolute atomic E-state index is 0.0542. The van der Waals surface area contributed by atoms with Crippen LogP contribution in [0, 0.1) is 17.8 Å². The van der Waals surface area contributed by atoms with E-state index in [1.165, 1.54) is 24.8 Å². The second-order valence-electron chi connectivity index (χ2n) is 7.85. The zero-order chi connectivity index (χ0) is 18.9. The SMILES string of the molecule is CN(C)S(=O)(=O)c1ccc(CNC(=O)C2CC3CCCC(C2)C3N)cc1. The van der Waals surface area contributed by atoms with Crippen LogP contribution < -0.4 is 11.1 Å². The van der Waals surface area contributed by atoms with E-state index in [9.17, 15) is 13.2 Å². The summed E-state index contributed by atoms with van der Waals surface area (Å²) >= 11 is 0.